The van der Waals surface area contributed by atoms with Crippen LogP contribution >= 0.6 is 0 Å². The molecule has 1 aromatic heterocycles. The van der Waals surface area contributed by atoms with Crippen molar-refractivity contribution in [3.63, 3.8) is 0 Å². The topological polar surface area (TPSA) is 82.1 Å². The summed E-state index contributed by atoms with van der Waals surface area (Å²) < 4.78 is 18.7. The summed E-state index contributed by atoms with van der Waals surface area (Å²) in [5.41, 5.74) is 2.11. The number of para-hydroxylation sites is 1. The molecule has 0 bridgehead atoms. The van der Waals surface area contributed by atoms with Crippen LogP contribution in [0.1, 0.15) is 0 Å². The molecule has 1 atom stereocenters. The molecule has 1 unspecified atom stereocenters. The van der Waals surface area contributed by atoms with Gasteiger partial charge in [-0.05, 0) is 36.4 Å². The Hall–Kier alpha value is -4.21. The Morgan fingerprint density at radius 1 is 1.09 bits per heavy atom. The molecule has 0 aliphatic carbocycles. The van der Waals surface area contributed by atoms with E-state index in [1.807, 2.05) is 24.3 Å². The van der Waals surface area contributed by atoms with Gasteiger partial charge in [0.1, 0.15) is 17.3 Å². The van der Waals surface area contributed by atoms with E-state index in [4.69, 9.17) is 4.74 Å². The fourth-order valence-electron chi connectivity index (χ4n) is 4.52. The highest BCUT2D eigenvalue weighted by Gasteiger charge is 2.41. The Labute approximate surface area is 202 Å². The van der Waals surface area contributed by atoms with Gasteiger partial charge in [0.2, 0.25) is 0 Å². The van der Waals surface area contributed by atoms with Crippen molar-refractivity contribution in [2.24, 2.45) is 0 Å². The number of aromatic nitrogens is 2. The molecule has 180 valence electrons. The molecule has 1 fully saturated rings. The summed E-state index contributed by atoms with van der Waals surface area (Å²) in [6, 6.07) is 13.5. The molecule has 1 saturated heterocycles. The van der Waals surface area contributed by atoms with Crippen molar-refractivity contribution < 1.29 is 18.7 Å². The number of hydrogen-bond donors (Lipinski definition) is 0. The van der Waals surface area contributed by atoms with Crippen LogP contribution in [-0.2, 0) is 4.79 Å². The first-order chi connectivity index (χ1) is 17.0. The first-order valence-corrected chi connectivity index (χ1v) is 11.3. The lowest BCUT2D eigenvalue weighted by molar-refractivity contribution is -0.108. The van der Waals surface area contributed by atoms with Crippen LogP contribution in [0.15, 0.2) is 54.7 Å². The minimum Gasteiger partial charge on any atom is -0.496 e. The van der Waals surface area contributed by atoms with E-state index < -0.39 is 6.17 Å². The molecule has 5 rings (SSSR count). The summed E-state index contributed by atoms with van der Waals surface area (Å²) in [5.74, 6) is 1.29. The second kappa shape index (κ2) is 9.21. The standard InChI is InChI=1S/C25H25FN6O3/c1-29-22(16-33)32(20-15-27-23(28-24(20)29)19-5-3-4-6-21(19)35-2)25(34)31-13-11-30(12-14-31)18-9-7-17(26)8-10-18/h3-10,15-16,22H,11-14H2,1-2H3. The Morgan fingerprint density at radius 3 is 2.49 bits per heavy atom. The molecule has 35 heavy (non-hydrogen) atoms. The van der Waals surface area contributed by atoms with E-state index in [1.54, 1.807) is 42.3 Å². The number of likely N-dealkylation sites (N-methyl/N-ethyl adjacent to an activating group) is 1. The van der Waals surface area contributed by atoms with Crippen molar-refractivity contribution in [3.8, 4) is 17.1 Å². The molecule has 0 saturated carbocycles. The maximum atomic E-state index is 13.5. The number of methoxy groups -OCH3 is 1. The molecule has 3 aromatic rings. The summed E-state index contributed by atoms with van der Waals surface area (Å²) in [4.78, 5) is 41.7. The van der Waals surface area contributed by atoms with Crippen molar-refractivity contribution >= 4 is 29.5 Å². The van der Waals surface area contributed by atoms with Gasteiger partial charge in [-0.25, -0.2) is 19.2 Å². The number of hydrogen-bond acceptors (Lipinski definition) is 7. The van der Waals surface area contributed by atoms with Crippen LogP contribution in [0.3, 0.4) is 0 Å². The van der Waals surface area contributed by atoms with Crippen LogP contribution in [0.2, 0.25) is 0 Å². The molecular weight excluding hydrogens is 451 g/mol. The molecule has 10 heteroatoms. The van der Waals surface area contributed by atoms with E-state index in [0.29, 0.717) is 49.3 Å². The number of amides is 2. The molecule has 2 aliphatic heterocycles. The fourth-order valence-corrected chi connectivity index (χ4v) is 4.52. The van der Waals surface area contributed by atoms with Crippen molar-refractivity contribution in [1.82, 2.24) is 14.9 Å². The first-order valence-electron chi connectivity index (χ1n) is 11.3. The van der Waals surface area contributed by atoms with Crippen LogP contribution in [0.5, 0.6) is 5.75 Å². The zero-order valence-corrected chi connectivity index (χ0v) is 19.5. The third kappa shape index (κ3) is 4.01. The summed E-state index contributed by atoms with van der Waals surface area (Å²) in [7, 11) is 3.31. The second-order valence-corrected chi connectivity index (χ2v) is 8.37. The number of carbonyl (C=O) groups is 2. The zero-order chi connectivity index (χ0) is 24.5. The Balaban J connectivity index is 1.38. The number of piperazine rings is 1. The second-order valence-electron chi connectivity index (χ2n) is 8.37. The number of fused-ring (bicyclic) bond motifs is 1. The van der Waals surface area contributed by atoms with Gasteiger partial charge in [0, 0.05) is 38.9 Å². The lowest BCUT2D eigenvalue weighted by Crippen LogP contribution is -2.56. The van der Waals surface area contributed by atoms with Gasteiger partial charge in [-0.15, -0.1) is 0 Å². The maximum absolute atomic E-state index is 13.5. The van der Waals surface area contributed by atoms with E-state index >= 15 is 0 Å². The summed E-state index contributed by atoms with van der Waals surface area (Å²) in [5, 5.41) is 0. The molecule has 0 N–H and O–H groups in total. The van der Waals surface area contributed by atoms with E-state index in [2.05, 4.69) is 14.9 Å². The average molecular weight is 477 g/mol. The third-order valence-corrected chi connectivity index (χ3v) is 6.42. The van der Waals surface area contributed by atoms with E-state index in [0.717, 1.165) is 17.5 Å². The van der Waals surface area contributed by atoms with Crippen LogP contribution < -0.4 is 19.4 Å². The zero-order valence-electron chi connectivity index (χ0n) is 19.5. The predicted octanol–water partition coefficient (Wildman–Crippen LogP) is 3.01. The van der Waals surface area contributed by atoms with Gasteiger partial charge in [-0.3, -0.25) is 9.69 Å². The lowest BCUT2D eigenvalue weighted by atomic mass is 10.2. The van der Waals surface area contributed by atoms with Gasteiger partial charge >= 0.3 is 6.03 Å². The smallest absolute Gasteiger partial charge is 0.326 e. The molecule has 9 nitrogen and oxygen atoms in total. The van der Waals surface area contributed by atoms with Gasteiger partial charge in [-0.2, -0.15) is 0 Å². The van der Waals surface area contributed by atoms with Gasteiger partial charge in [0.15, 0.2) is 24.1 Å². The quantitative estimate of drug-likeness (QED) is 0.536. The molecule has 2 aliphatic rings. The summed E-state index contributed by atoms with van der Waals surface area (Å²) >= 11 is 0. The monoisotopic (exact) mass is 476 g/mol. The van der Waals surface area contributed by atoms with E-state index in [-0.39, 0.29) is 11.8 Å². The minimum absolute atomic E-state index is 0.278. The molecule has 0 radical (unpaired) electrons. The molecule has 0 spiro atoms. The number of anilines is 3. The highest BCUT2D eigenvalue weighted by Crippen LogP contribution is 2.39. The molecule has 2 aromatic carbocycles. The third-order valence-electron chi connectivity index (χ3n) is 6.42. The van der Waals surface area contributed by atoms with E-state index in [9.17, 15) is 14.0 Å². The van der Waals surface area contributed by atoms with Crippen LogP contribution in [0.25, 0.3) is 11.4 Å². The Bertz CT molecular complexity index is 1250. The number of aldehydes is 1. The normalized spacial score (nSPS) is 17.4. The largest absolute Gasteiger partial charge is 0.496 e. The number of urea groups is 1. The van der Waals surface area contributed by atoms with Crippen LogP contribution in [0.4, 0.5) is 26.4 Å². The Kier molecular flexibility index (Phi) is 5.94. The predicted molar refractivity (Wildman–Crippen MR) is 130 cm³/mol. The number of halogens is 1. The van der Waals surface area contributed by atoms with Gasteiger partial charge < -0.3 is 19.4 Å². The first kappa shape index (κ1) is 22.6. The number of rotatable bonds is 4. The highest BCUT2D eigenvalue weighted by atomic mass is 19.1. The van der Waals surface area contributed by atoms with Crippen LogP contribution in [0, 0.1) is 5.82 Å². The van der Waals surface area contributed by atoms with Crippen molar-refractivity contribution in [1.29, 1.82) is 0 Å². The van der Waals surface area contributed by atoms with Gasteiger partial charge in [0.05, 0.1) is 18.9 Å². The summed E-state index contributed by atoms with van der Waals surface area (Å²) in [6.45, 7) is 2.14. The number of ether oxygens (including phenoxy) is 1. The van der Waals surface area contributed by atoms with Crippen molar-refractivity contribution in [2.45, 2.75) is 6.17 Å². The SMILES string of the molecule is COc1ccccc1-c1ncc2c(n1)N(C)C(C=O)N2C(=O)N1CCN(c2ccc(F)cc2)CC1. The fraction of sp³-hybridized carbons (Fsp3) is 0.280. The minimum atomic E-state index is -0.824. The number of nitrogens with zero attached hydrogens (tertiary/aromatic N) is 6. The van der Waals surface area contributed by atoms with E-state index in [1.165, 1.54) is 17.0 Å². The number of carbonyl (C=O) groups excluding carboxylic acids is 2. The molecular formula is C25H25FN6O3. The number of benzene rings is 2. The maximum Gasteiger partial charge on any atom is 0.326 e. The Morgan fingerprint density at radius 2 is 1.80 bits per heavy atom. The molecule has 3 heterocycles. The van der Waals surface area contributed by atoms with Gasteiger partial charge in [0.25, 0.3) is 0 Å². The lowest BCUT2D eigenvalue weighted by Gasteiger charge is -2.38. The summed E-state index contributed by atoms with van der Waals surface area (Å²) in [6.07, 6.45) is 1.49. The van der Waals surface area contributed by atoms with Crippen molar-refractivity contribution in [3.05, 3.63) is 60.5 Å². The van der Waals surface area contributed by atoms with Gasteiger partial charge in [-0.1, -0.05) is 12.1 Å². The van der Waals surface area contributed by atoms with Crippen LogP contribution in [-0.4, -0.2) is 73.7 Å². The van der Waals surface area contributed by atoms with Crippen molar-refractivity contribution in [2.75, 3.05) is 55.0 Å². The molecule has 2 amide bonds. The average Bonchev–Trinajstić information content (AvgIpc) is 3.19. The highest BCUT2D eigenvalue weighted by molar-refractivity contribution is 6.03.